The lowest BCUT2D eigenvalue weighted by atomic mass is 10.1. The summed E-state index contributed by atoms with van der Waals surface area (Å²) in [4.78, 5) is 24.4. The number of anilines is 1. The topological polar surface area (TPSA) is 67.8 Å². The Bertz CT molecular complexity index is 1040. The van der Waals surface area contributed by atoms with Crippen LogP contribution in [0.25, 0.3) is 10.9 Å². The van der Waals surface area contributed by atoms with Crippen LogP contribution in [-0.2, 0) is 4.74 Å². The quantitative estimate of drug-likeness (QED) is 0.491. The minimum absolute atomic E-state index is 0.0281. The standard InChI is InChI=1S/C21H26BrClF2N4O3/c1-10-14(24)7-11(29(10)20(30)32-21(2,3)4)9-28(5)18-12-8-13(23)15(22)16(25)17(12)26-19(27-18)31-6/h8,10-11,14H,7,9H2,1-6H3. The first-order chi connectivity index (χ1) is 14.8. The van der Waals surface area contributed by atoms with Crippen molar-refractivity contribution >= 4 is 50.3 Å². The van der Waals surface area contributed by atoms with Crippen LogP contribution in [0, 0.1) is 5.82 Å². The van der Waals surface area contributed by atoms with Crippen molar-refractivity contribution in [2.45, 2.75) is 58.0 Å². The van der Waals surface area contributed by atoms with Gasteiger partial charge in [-0.3, -0.25) is 4.90 Å². The molecule has 1 aromatic heterocycles. The van der Waals surface area contributed by atoms with E-state index in [1.165, 1.54) is 12.0 Å². The molecule has 0 bridgehead atoms. The summed E-state index contributed by atoms with van der Waals surface area (Å²) in [7, 11) is 3.10. The lowest BCUT2D eigenvalue weighted by molar-refractivity contribution is 0.0145. The third kappa shape index (κ3) is 4.85. The Labute approximate surface area is 199 Å². The van der Waals surface area contributed by atoms with Gasteiger partial charge in [0.1, 0.15) is 23.1 Å². The van der Waals surface area contributed by atoms with Crippen LogP contribution in [0.3, 0.4) is 0 Å². The van der Waals surface area contributed by atoms with Crippen LogP contribution in [0.4, 0.5) is 19.4 Å². The molecule has 0 aliphatic carbocycles. The number of carbonyl (C=O) groups is 1. The zero-order chi connectivity index (χ0) is 24.0. The van der Waals surface area contributed by atoms with Crippen molar-refractivity contribution in [3.05, 3.63) is 21.4 Å². The monoisotopic (exact) mass is 534 g/mol. The van der Waals surface area contributed by atoms with Crippen LogP contribution in [0.2, 0.25) is 5.02 Å². The Morgan fingerprint density at radius 3 is 2.66 bits per heavy atom. The second-order valence-electron chi connectivity index (χ2n) is 8.83. The predicted molar refractivity (Wildman–Crippen MR) is 123 cm³/mol. The minimum Gasteiger partial charge on any atom is -0.467 e. The van der Waals surface area contributed by atoms with Crippen LogP contribution in [-0.4, -0.2) is 65.5 Å². The molecule has 0 saturated carbocycles. The summed E-state index contributed by atoms with van der Waals surface area (Å²) in [5.74, 6) is -0.296. The van der Waals surface area contributed by atoms with E-state index >= 15 is 0 Å². The fourth-order valence-corrected chi connectivity index (χ4v) is 4.29. The van der Waals surface area contributed by atoms with E-state index in [1.807, 2.05) is 0 Å². The lowest BCUT2D eigenvalue weighted by Crippen LogP contribution is -2.47. The molecule has 3 atom stereocenters. The van der Waals surface area contributed by atoms with Crippen molar-refractivity contribution in [1.82, 2.24) is 14.9 Å². The van der Waals surface area contributed by atoms with Crippen LogP contribution in [0.15, 0.2) is 10.5 Å². The Balaban J connectivity index is 1.98. The molecule has 1 aliphatic heterocycles. The van der Waals surface area contributed by atoms with E-state index < -0.39 is 35.8 Å². The molecule has 1 amide bonds. The van der Waals surface area contributed by atoms with Gasteiger partial charge < -0.3 is 14.4 Å². The molecule has 0 N–H and O–H groups in total. The Morgan fingerprint density at radius 1 is 1.41 bits per heavy atom. The molecule has 2 aromatic rings. The summed E-state index contributed by atoms with van der Waals surface area (Å²) < 4.78 is 40.2. The van der Waals surface area contributed by atoms with E-state index in [9.17, 15) is 13.6 Å². The van der Waals surface area contributed by atoms with Gasteiger partial charge in [-0.25, -0.2) is 13.6 Å². The number of carbonyl (C=O) groups excluding carboxylic acids is 1. The normalized spacial score (nSPS) is 21.2. The molecular formula is C21H26BrClF2N4O3. The van der Waals surface area contributed by atoms with Gasteiger partial charge >= 0.3 is 12.1 Å². The Kier molecular flexibility index (Phi) is 7.05. The van der Waals surface area contributed by atoms with E-state index in [-0.39, 0.29) is 34.0 Å². The first-order valence-corrected chi connectivity index (χ1v) is 11.3. The highest BCUT2D eigenvalue weighted by Crippen LogP contribution is 2.37. The highest BCUT2D eigenvalue weighted by atomic mass is 79.9. The number of likely N-dealkylation sites (tertiary alicyclic amines) is 1. The summed E-state index contributed by atoms with van der Waals surface area (Å²) in [5, 5.41) is 0.526. The van der Waals surface area contributed by atoms with E-state index in [0.29, 0.717) is 11.2 Å². The van der Waals surface area contributed by atoms with Crippen molar-refractivity contribution < 1.29 is 23.0 Å². The Morgan fingerprint density at radius 2 is 2.06 bits per heavy atom. The minimum atomic E-state index is -1.19. The number of nitrogens with zero attached hydrogens (tertiary/aromatic N) is 4. The van der Waals surface area contributed by atoms with E-state index in [0.717, 1.165) is 0 Å². The molecule has 1 saturated heterocycles. The highest BCUT2D eigenvalue weighted by molar-refractivity contribution is 9.10. The number of benzene rings is 1. The predicted octanol–water partition coefficient (Wildman–Crippen LogP) is 5.37. The summed E-state index contributed by atoms with van der Waals surface area (Å²) in [6.45, 7) is 7.17. The van der Waals surface area contributed by atoms with Crippen molar-refractivity contribution in [2.75, 3.05) is 25.6 Å². The van der Waals surface area contributed by atoms with E-state index in [2.05, 4.69) is 25.9 Å². The van der Waals surface area contributed by atoms with Gasteiger partial charge in [-0.05, 0) is 49.7 Å². The van der Waals surface area contributed by atoms with Crippen LogP contribution < -0.4 is 9.64 Å². The molecule has 7 nitrogen and oxygen atoms in total. The van der Waals surface area contributed by atoms with Gasteiger partial charge in [-0.2, -0.15) is 9.97 Å². The van der Waals surface area contributed by atoms with E-state index in [4.69, 9.17) is 21.1 Å². The average molecular weight is 536 g/mol. The smallest absolute Gasteiger partial charge is 0.410 e. The number of likely N-dealkylation sites (N-methyl/N-ethyl adjacent to an activating group) is 1. The third-order valence-corrected chi connectivity index (χ3v) is 6.57. The fraction of sp³-hybridized carbons (Fsp3) is 0.571. The number of halogens is 4. The van der Waals surface area contributed by atoms with Gasteiger partial charge in [0.05, 0.1) is 28.7 Å². The molecule has 3 unspecified atom stereocenters. The SMILES string of the molecule is COc1nc(N(C)CC2CC(F)C(C)N2C(=O)OC(C)(C)C)c2cc(Cl)c(Br)c(F)c2n1. The number of rotatable bonds is 4. The number of alkyl halides is 1. The van der Waals surface area contributed by atoms with Gasteiger partial charge in [0.25, 0.3) is 0 Å². The van der Waals surface area contributed by atoms with Gasteiger partial charge in [0, 0.05) is 25.4 Å². The van der Waals surface area contributed by atoms with Crippen molar-refractivity contribution in [2.24, 2.45) is 0 Å². The first kappa shape index (κ1) is 24.7. The zero-order valence-corrected chi connectivity index (χ0v) is 21.1. The third-order valence-electron chi connectivity index (χ3n) is 5.27. The molecule has 32 heavy (non-hydrogen) atoms. The van der Waals surface area contributed by atoms with Crippen molar-refractivity contribution in [3.63, 3.8) is 0 Å². The molecule has 11 heteroatoms. The maximum Gasteiger partial charge on any atom is 0.410 e. The molecule has 1 fully saturated rings. The maximum absolute atomic E-state index is 14.8. The van der Waals surface area contributed by atoms with Crippen molar-refractivity contribution in [3.8, 4) is 6.01 Å². The first-order valence-electron chi connectivity index (χ1n) is 10.1. The second kappa shape index (κ2) is 9.13. The van der Waals surface area contributed by atoms with Gasteiger partial charge in [0.15, 0.2) is 5.82 Å². The number of hydrogen-bond acceptors (Lipinski definition) is 6. The molecule has 1 aromatic carbocycles. The number of hydrogen-bond donors (Lipinski definition) is 0. The zero-order valence-electron chi connectivity index (χ0n) is 18.7. The summed E-state index contributed by atoms with van der Waals surface area (Å²) in [6, 6.07) is 0.407. The van der Waals surface area contributed by atoms with E-state index in [1.54, 1.807) is 45.7 Å². The highest BCUT2D eigenvalue weighted by Gasteiger charge is 2.44. The molecule has 176 valence electrons. The van der Waals surface area contributed by atoms with Crippen LogP contribution >= 0.6 is 27.5 Å². The number of methoxy groups -OCH3 is 1. The number of ether oxygens (including phenoxy) is 2. The maximum atomic E-state index is 14.8. The van der Waals surface area contributed by atoms with Crippen LogP contribution in [0.5, 0.6) is 6.01 Å². The number of fused-ring (bicyclic) bond motifs is 1. The molecule has 0 spiro atoms. The largest absolute Gasteiger partial charge is 0.467 e. The molecule has 0 radical (unpaired) electrons. The van der Waals surface area contributed by atoms with Gasteiger partial charge in [0.2, 0.25) is 0 Å². The molecule has 1 aliphatic rings. The van der Waals surface area contributed by atoms with Crippen LogP contribution in [0.1, 0.15) is 34.1 Å². The average Bonchev–Trinajstić information content (AvgIpc) is 2.97. The van der Waals surface area contributed by atoms with Gasteiger partial charge in [-0.15, -0.1) is 0 Å². The summed E-state index contributed by atoms with van der Waals surface area (Å²) in [6.07, 6.45) is -1.63. The summed E-state index contributed by atoms with van der Waals surface area (Å²) in [5.41, 5.74) is -0.679. The molecule has 2 heterocycles. The second-order valence-corrected chi connectivity index (χ2v) is 10.0. The lowest BCUT2D eigenvalue weighted by Gasteiger charge is -2.33. The fourth-order valence-electron chi connectivity index (χ4n) is 3.79. The van der Waals surface area contributed by atoms with Gasteiger partial charge in [-0.1, -0.05) is 11.6 Å². The number of aromatic nitrogens is 2. The summed E-state index contributed by atoms with van der Waals surface area (Å²) >= 11 is 9.29. The Hall–Kier alpha value is -1.94. The molecular weight excluding hydrogens is 510 g/mol. The molecule has 3 rings (SSSR count). The van der Waals surface area contributed by atoms with Crippen molar-refractivity contribution in [1.29, 1.82) is 0 Å². The number of amides is 1.